The van der Waals surface area contributed by atoms with Gasteiger partial charge in [0.05, 0.1) is 22.5 Å². The molecule has 0 saturated heterocycles. The summed E-state index contributed by atoms with van der Waals surface area (Å²) in [6.45, 7) is 1.48. The Balaban J connectivity index is 1.89. The summed E-state index contributed by atoms with van der Waals surface area (Å²) in [5.41, 5.74) is 0.00634. The van der Waals surface area contributed by atoms with Crippen LogP contribution in [0.1, 0.15) is 28.4 Å². The molecular formula is C23H19F3N2O2S. The van der Waals surface area contributed by atoms with Crippen molar-refractivity contribution in [3.8, 4) is 0 Å². The summed E-state index contributed by atoms with van der Waals surface area (Å²) in [6, 6.07) is 13.1. The second kappa shape index (κ2) is 7.30. The first-order valence-electron chi connectivity index (χ1n) is 9.51. The van der Waals surface area contributed by atoms with E-state index in [2.05, 4.69) is 9.97 Å². The summed E-state index contributed by atoms with van der Waals surface area (Å²) in [7, 11) is -3.77. The molecule has 3 aromatic rings. The van der Waals surface area contributed by atoms with E-state index in [0.717, 1.165) is 17.9 Å². The number of sulfone groups is 1. The number of fused-ring (bicyclic) bond motifs is 1. The standard InChI is InChI=1S/C23H19F3N2O2S/c1-15-21(28-19-10-6-9-18(20(19)27-15)23(24,25)26)22(31(2,29)30)13-11-17(12-14-22)16-7-4-3-5-8-16/h3-14,17H,1-2H3. The van der Waals surface area contributed by atoms with E-state index in [9.17, 15) is 21.6 Å². The van der Waals surface area contributed by atoms with Gasteiger partial charge in [0.15, 0.2) is 14.6 Å². The highest BCUT2D eigenvalue weighted by Crippen LogP contribution is 2.41. The monoisotopic (exact) mass is 444 g/mol. The van der Waals surface area contributed by atoms with Gasteiger partial charge in [-0.3, -0.25) is 0 Å². The third-order valence-corrected chi connectivity index (χ3v) is 7.14. The highest BCUT2D eigenvalue weighted by Gasteiger charge is 2.43. The molecule has 4 rings (SSSR count). The van der Waals surface area contributed by atoms with Crippen molar-refractivity contribution in [3.63, 3.8) is 0 Å². The number of alkyl halides is 3. The van der Waals surface area contributed by atoms with Crippen LogP contribution in [0.4, 0.5) is 13.2 Å². The number of halogens is 3. The maximum absolute atomic E-state index is 13.4. The summed E-state index contributed by atoms with van der Waals surface area (Å²) in [5, 5.41) is 0. The first-order valence-corrected chi connectivity index (χ1v) is 11.4. The second-order valence-corrected chi connectivity index (χ2v) is 9.77. The molecule has 1 aromatic heterocycles. The fourth-order valence-corrected chi connectivity index (χ4v) is 5.05. The molecule has 0 atom stereocenters. The van der Waals surface area contributed by atoms with Crippen molar-refractivity contribution in [2.24, 2.45) is 0 Å². The number of allylic oxidation sites excluding steroid dienone is 2. The van der Waals surface area contributed by atoms with Gasteiger partial charge in [0.25, 0.3) is 0 Å². The Bertz CT molecular complexity index is 1300. The number of aryl methyl sites for hydroxylation is 1. The number of benzene rings is 2. The molecule has 1 aliphatic rings. The van der Waals surface area contributed by atoms with Crippen LogP contribution < -0.4 is 0 Å². The van der Waals surface area contributed by atoms with Gasteiger partial charge in [-0.05, 0) is 24.6 Å². The summed E-state index contributed by atoms with van der Waals surface area (Å²) in [5.74, 6) is -0.123. The van der Waals surface area contributed by atoms with Gasteiger partial charge in [-0.2, -0.15) is 13.2 Å². The normalized spacial score (nSPS) is 21.5. The lowest BCUT2D eigenvalue weighted by molar-refractivity contribution is -0.136. The molecule has 0 amide bonds. The second-order valence-electron chi connectivity index (χ2n) is 7.55. The smallest absolute Gasteiger partial charge is 0.249 e. The van der Waals surface area contributed by atoms with Gasteiger partial charge in [-0.25, -0.2) is 18.4 Å². The minimum Gasteiger partial charge on any atom is -0.249 e. The first kappa shape index (κ1) is 21.2. The molecule has 0 fully saturated rings. The van der Waals surface area contributed by atoms with Gasteiger partial charge in [-0.1, -0.05) is 60.7 Å². The van der Waals surface area contributed by atoms with E-state index >= 15 is 0 Å². The molecule has 4 nitrogen and oxygen atoms in total. The zero-order valence-electron chi connectivity index (χ0n) is 16.8. The van der Waals surface area contributed by atoms with Crippen molar-refractivity contribution in [2.75, 3.05) is 6.26 Å². The highest BCUT2D eigenvalue weighted by molar-refractivity contribution is 7.92. The molecule has 160 valence electrons. The summed E-state index contributed by atoms with van der Waals surface area (Å²) >= 11 is 0. The van der Waals surface area contributed by atoms with E-state index in [1.165, 1.54) is 19.1 Å². The van der Waals surface area contributed by atoms with Crippen molar-refractivity contribution in [2.45, 2.75) is 23.8 Å². The predicted octanol–water partition coefficient (Wildman–Crippen LogP) is 5.11. The van der Waals surface area contributed by atoms with Gasteiger partial charge in [0.2, 0.25) is 0 Å². The molecule has 0 spiro atoms. The van der Waals surface area contributed by atoms with E-state index in [4.69, 9.17) is 0 Å². The van der Waals surface area contributed by atoms with Crippen LogP contribution in [0.3, 0.4) is 0 Å². The number of nitrogens with zero attached hydrogens (tertiary/aromatic N) is 2. The largest absolute Gasteiger partial charge is 0.418 e. The average molecular weight is 444 g/mol. The SMILES string of the molecule is Cc1nc2c(C(F)(F)F)cccc2nc1C1(S(C)(=O)=O)C=CC(c2ccccc2)C=C1. The fraction of sp³-hybridized carbons (Fsp3) is 0.217. The summed E-state index contributed by atoms with van der Waals surface area (Å²) in [6.07, 6.45) is 3.14. The zero-order valence-corrected chi connectivity index (χ0v) is 17.6. The van der Waals surface area contributed by atoms with Crippen LogP contribution in [0, 0.1) is 6.92 Å². The van der Waals surface area contributed by atoms with Crippen LogP contribution in [-0.2, 0) is 20.8 Å². The Morgan fingerprint density at radius 3 is 2.16 bits per heavy atom. The quantitative estimate of drug-likeness (QED) is 0.527. The van der Waals surface area contributed by atoms with Gasteiger partial charge in [-0.15, -0.1) is 0 Å². The van der Waals surface area contributed by atoms with Crippen LogP contribution >= 0.6 is 0 Å². The molecular weight excluding hydrogens is 425 g/mol. The number of hydrogen-bond acceptors (Lipinski definition) is 4. The topological polar surface area (TPSA) is 59.9 Å². The Labute approximate surface area is 178 Å². The van der Waals surface area contributed by atoms with Crippen LogP contribution in [0.15, 0.2) is 72.8 Å². The van der Waals surface area contributed by atoms with Gasteiger partial charge in [0, 0.05) is 12.2 Å². The third-order valence-electron chi connectivity index (χ3n) is 5.45. The summed E-state index contributed by atoms with van der Waals surface area (Å²) in [4.78, 5) is 8.50. The molecule has 31 heavy (non-hydrogen) atoms. The Hall–Kier alpha value is -3.00. The van der Waals surface area contributed by atoms with E-state index in [0.29, 0.717) is 0 Å². The summed E-state index contributed by atoms with van der Waals surface area (Å²) < 4.78 is 64.4. The first-order chi connectivity index (χ1) is 14.5. The molecule has 8 heteroatoms. The van der Waals surface area contributed by atoms with Crippen molar-refractivity contribution in [1.82, 2.24) is 9.97 Å². The van der Waals surface area contributed by atoms with Crippen LogP contribution in [0.25, 0.3) is 11.0 Å². The van der Waals surface area contributed by atoms with Crippen LogP contribution in [0.5, 0.6) is 0 Å². The Morgan fingerprint density at radius 2 is 1.58 bits per heavy atom. The van der Waals surface area contributed by atoms with Gasteiger partial charge >= 0.3 is 6.18 Å². The molecule has 0 unspecified atom stereocenters. The Kier molecular flexibility index (Phi) is 5.00. The van der Waals surface area contributed by atoms with Gasteiger partial charge in [0.1, 0.15) is 5.52 Å². The number of aromatic nitrogens is 2. The zero-order chi connectivity index (χ0) is 22.4. The number of para-hydroxylation sites is 1. The predicted molar refractivity (Wildman–Crippen MR) is 113 cm³/mol. The van der Waals surface area contributed by atoms with E-state index in [1.807, 2.05) is 30.3 Å². The maximum Gasteiger partial charge on any atom is 0.418 e. The van der Waals surface area contributed by atoms with Gasteiger partial charge < -0.3 is 0 Å². The minimum atomic E-state index is -4.59. The van der Waals surface area contributed by atoms with E-state index in [-0.39, 0.29) is 28.3 Å². The maximum atomic E-state index is 13.4. The highest BCUT2D eigenvalue weighted by atomic mass is 32.2. The van der Waals surface area contributed by atoms with E-state index < -0.39 is 26.3 Å². The van der Waals surface area contributed by atoms with Crippen molar-refractivity contribution in [3.05, 3.63) is 95.3 Å². The van der Waals surface area contributed by atoms with E-state index in [1.54, 1.807) is 24.3 Å². The Morgan fingerprint density at radius 1 is 0.935 bits per heavy atom. The third kappa shape index (κ3) is 3.65. The lowest BCUT2D eigenvalue weighted by Gasteiger charge is -2.30. The molecule has 0 radical (unpaired) electrons. The molecule has 1 heterocycles. The minimum absolute atomic E-state index is 0.00886. The lowest BCUT2D eigenvalue weighted by Crippen LogP contribution is -2.35. The lowest BCUT2D eigenvalue weighted by atomic mass is 9.88. The molecule has 0 N–H and O–H groups in total. The molecule has 1 aliphatic carbocycles. The van der Waals surface area contributed by atoms with Crippen LogP contribution in [0.2, 0.25) is 0 Å². The number of rotatable bonds is 3. The molecule has 0 saturated carbocycles. The van der Waals surface area contributed by atoms with Crippen molar-refractivity contribution < 1.29 is 21.6 Å². The van der Waals surface area contributed by atoms with Crippen molar-refractivity contribution in [1.29, 1.82) is 0 Å². The molecule has 2 aromatic carbocycles. The fourth-order valence-electron chi connectivity index (χ4n) is 3.85. The van der Waals surface area contributed by atoms with Crippen LogP contribution in [-0.4, -0.2) is 24.6 Å². The number of hydrogen-bond donors (Lipinski definition) is 0. The van der Waals surface area contributed by atoms with Crippen molar-refractivity contribution >= 4 is 20.9 Å². The molecule has 0 aliphatic heterocycles. The average Bonchev–Trinajstić information content (AvgIpc) is 2.72. The molecule has 0 bridgehead atoms.